The van der Waals surface area contributed by atoms with E-state index in [0.717, 1.165) is 12.8 Å². The topological polar surface area (TPSA) is 20.3 Å². The molecule has 0 bridgehead atoms. The van der Waals surface area contributed by atoms with Gasteiger partial charge in [0.2, 0.25) is 5.91 Å². The summed E-state index contributed by atoms with van der Waals surface area (Å²) in [6, 6.07) is 10.8. The van der Waals surface area contributed by atoms with Gasteiger partial charge >= 0.3 is 0 Å². The normalized spacial score (nSPS) is 10.7. The molecule has 0 N–H and O–H groups in total. The minimum Gasteiger partial charge on any atom is -0.341 e. The van der Waals surface area contributed by atoms with Crippen molar-refractivity contribution < 1.29 is 4.79 Å². The van der Waals surface area contributed by atoms with Crippen LogP contribution in [0.2, 0.25) is 0 Å². The van der Waals surface area contributed by atoms with Gasteiger partial charge in [0.15, 0.2) is 0 Å². The summed E-state index contributed by atoms with van der Waals surface area (Å²) in [4.78, 5) is 15.4. The van der Waals surface area contributed by atoms with E-state index in [4.69, 9.17) is 0 Å². The summed E-state index contributed by atoms with van der Waals surface area (Å²) in [5.74, 6) is 0.255. The van der Waals surface area contributed by atoms with E-state index in [9.17, 15) is 4.79 Å². The van der Waals surface area contributed by atoms with Gasteiger partial charge in [-0.05, 0) is 41.0 Å². The van der Waals surface area contributed by atoms with Gasteiger partial charge in [0, 0.05) is 18.3 Å². The molecule has 0 aliphatic heterocycles. The Bertz CT molecular complexity index is 686. The van der Waals surface area contributed by atoms with Crippen LogP contribution in [0.5, 0.6) is 0 Å². The second-order valence-corrected chi connectivity index (χ2v) is 7.90. The van der Waals surface area contributed by atoms with Crippen LogP contribution >= 0.6 is 11.3 Å². The van der Waals surface area contributed by atoms with Crippen LogP contribution in [0, 0.1) is 0 Å². The molecule has 2 aromatic rings. The monoisotopic (exact) mass is 369 g/mol. The molecule has 26 heavy (non-hydrogen) atoms. The van der Waals surface area contributed by atoms with Crippen molar-refractivity contribution in [3.8, 4) is 11.1 Å². The van der Waals surface area contributed by atoms with Crippen molar-refractivity contribution in [2.75, 3.05) is 7.05 Å². The number of allylic oxidation sites excluding steroid dienone is 1. The Morgan fingerprint density at radius 1 is 1.12 bits per heavy atom. The van der Waals surface area contributed by atoms with Crippen molar-refractivity contribution in [2.24, 2.45) is 0 Å². The lowest BCUT2D eigenvalue weighted by atomic mass is 10.0. The summed E-state index contributed by atoms with van der Waals surface area (Å²) >= 11 is 1.73. The molecule has 0 unspecified atom stereocenters. The predicted octanol–water partition coefficient (Wildman–Crippen LogP) is 6.46. The van der Waals surface area contributed by atoms with Crippen molar-refractivity contribution >= 4 is 17.2 Å². The lowest BCUT2D eigenvalue weighted by Crippen LogP contribution is -2.25. The van der Waals surface area contributed by atoms with Gasteiger partial charge in [-0.2, -0.15) is 0 Å². The quantitative estimate of drug-likeness (QED) is 0.329. The smallest absolute Gasteiger partial charge is 0.222 e. The summed E-state index contributed by atoms with van der Waals surface area (Å²) in [6.45, 7) is 6.70. The van der Waals surface area contributed by atoms with Crippen LogP contribution in [-0.4, -0.2) is 17.9 Å². The highest BCUT2D eigenvalue weighted by molar-refractivity contribution is 7.10. The second kappa shape index (κ2) is 11.0. The SMILES string of the molecule is C=CCc1ccc(-c2csc(CN(C)C(=O)CCCCCCC)c2)cc1. The van der Waals surface area contributed by atoms with E-state index in [2.05, 4.69) is 49.2 Å². The molecule has 0 radical (unpaired) electrons. The molecule has 2 rings (SSSR count). The summed E-state index contributed by atoms with van der Waals surface area (Å²) in [5, 5.41) is 2.18. The first-order chi connectivity index (χ1) is 12.6. The predicted molar refractivity (Wildman–Crippen MR) is 114 cm³/mol. The van der Waals surface area contributed by atoms with Gasteiger partial charge < -0.3 is 4.90 Å². The Kier molecular flexibility index (Phi) is 8.63. The van der Waals surface area contributed by atoms with Crippen molar-refractivity contribution in [2.45, 2.75) is 58.4 Å². The van der Waals surface area contributed by atoms with Gasteiger partial charge in [0.05, 0.1) is 6.54 Å². The molecule has 0 aliphatic rings. The molecule has 140 valence electrons. The Labute approximate surface area is 162 Å². The molecule has 1 aromatic heterocycles. The fourth-order valence-electron chi connectivity index (χ4n) is 3.01. The average molecular weight is 370 g/mol. The summed E-state index contributed by atoms with van der Waals surface area (Å²) in [7, 11) is 1.91. The number of amides is 1. The largest absolute Gasteiger partial charge is 0.341 e. The average Bonchev–Trinajstić information content (AvgIpc) is 3.10. The third kappa shape index (κ3) is 6.45. The van der Waals surface area contributed by atoms with Crippen molar-refractivity contribution in [3.63, 3.8) is 0 Å². The van der Waals surface area contributed by atoms with Crippen LogP contribution in [0.15, 0.2) is 48.4 Å². The summed E-state index contributed by atoms with van der Waals surface area (Å²) in [6.07, 6.45) is 9.43. The van der Waals surface area contributed by atoms with Gasteiger partial charge in [0.25, 0.3) is 0 Å². The van der Waals surface area contributed by atoms with Gasteiger partial charge in [-0.15, -0.1) is 17.9 Å². The standard InChI is InChI=1S/C23H31NOS/c1-4-6-7-8-9-11-23(25)24(3)17-22-16-21(18-26-22)20-14-12-19(10-5-2)13-15-20/h5,12-16,18H,2,4,6-11,17H2,1,3H3. The number of unbranched alkanes of at least 4 members (excludes halogenated alkanes) is 4. The highest BCUT2D eigenvalue weighted by atomic mass is 32.1. The lowest BCUT2D eigenvalue weighted by molar-refractivity contribution is -0.130. The minimum atomic E-state index is 0.255. The number of hydrogen-bond acceptors (Lipinski definition) is 2. The maximum Gasteiger partial charge on any atom is 0.222 e. The number of nitrogens with zero attached hydrogens (tertiary/aromatic N) is 1. The maximum atomic E-state index is 12.3. The summed E-state index contributed by atoms with van der Waals surface area (Å²) in [5.41, 5.74) is 3.74. The number of rotatable bonds is 11. The van der Waals surface area contributed by atoms with Crippen LogP contribution in [0.25, 0.3) is 11.1 Å². The molecule has 0 saturated heterocycles. The third-order valence-corrected chi connectivity index (χ3v) is 5.56. The van der Waals surface area contributed by atoms with Crippen LogP contribution in [0.1, 0.15) is 55.9 Å². The van der Waals surface area contributed by atoms with Crippen LogP contribution in [-0.2, 0) is 17.8 Å². The van der Waals surface area contributed by atoms with E-state index in [-0.39, 0.29) is 5.91 Å². The molecule has 0 spiro atoms. The van der Waals surface area contributed by atoms with E-state index in [1.54, 1.807) is 11.3 Å². The molecule has 0 fully saturated rings. The summed E-state index contributed by atoms with van der Waals surface area (Å²) < 4.78 is 0. The molecule has 0 aliphatic carbocycles. The zero-order valence-corrected chi connectivity index (χ0v) is 17.0. The Morgan fingerprint density at radius 2 is 1.85 bits per heavy atom. The van der Waals surface area contributed by atoms with Gasteiger partial charge in [0.1, 0.15) is 0 Å². The Morgan fingerprint density at radius 3 is 2.54 bits per heavy atom. The van der Waals surface area contributed by atoms with E-state index in [1.807, 2.05) is 18.0 Å². The van der Waals surface area contributed by atoms with Crippen LogP contribution < -0.4 is 0 Å². The van der Waals surface area contributed by atoms with Gasteiger partial charge in [-0.3, -0.25) is 4.79 Å². The van der Waals surface area contributed by atoms with Gasteiger partial charge in [-0.1, -0.05) is 62.9 Å². The molecule has 1 heterocycles. The number of thiophene rings is 1. The van der Waals surface area contributed by atoms with E-state index in [1.165, 1.54) is 47.3 Å². The molecule has 0 saturated carbocycles. The maximum absolute atomic E-state index is 12.3. The second-order valence-electron chi connectivity index (χ2n) is 6.91. The fraction of sp³-hybridized carbons (Fsp3) is 0.435. The zero-order valence-electron chi connectivity index (χ0n) is 16.2. The highest BCUT2D eigenvalue weighted by Crippen LogP contribution is 2.27. The van der Waals surface area contributed by atoms with Gasteiger partial charge in [-0.25, -0.2) is 0 Å². The van der Waals surface area contributed by atoms with Crippen molar-refractivity contribution in [3.05, 3.63) is 58.8 Å². The minimum absolute atomic E-state index is 0.255. The number of carbonyl (C=O) groups excluding carboxylic acids is 1. The molecule has 0 atom stereocenters. The molecular weight excluding hydrogens is 338 g/mol. The number of carbonyl (C=O) groups is 1. The number of hydrogen-bond donors (Lipinski definition) is 0. The van der Waals surface area contributed by atoms with E-state index < -0.39 is 0 Å². The molecule has 2 nitrogen and oxygen atoms in total. The first-order valence-corrected chi connectivity index (χ1v) is 10.5. The first-order valence-electron chi connectivity index (χ1n) is 9.65. The Balaban J connectivity index is 1.84. The van der Waals surface area contributed by atoms with Crippen molar-refractivity contribution in [1.29, 1.82) is 0 Å². The molecule has 1 amide bonds. The van der Waals surface area contributed by atoms with E-state index >= 15 is 0 Å². The fourth-order valence-corrected chi connectivity index (χ4v) is 3.95. The van der Waals surface area contributed by atoms with Crippen LogP contribution in [0.3, 0.4) is 0 Å². The van der Waals surface area contributed by atoms with Crippen molar-refractivity contribution in [1.82, 2.24) is 4.90 Å². The third-order valence-electron chi connectivity index (χ3n) is 4.63. The van der Waals surface area contributed by atoms with Crippen LogP contribution in [0.4, 0.5) is 0 Å². The lowest BCUT2D eigenvalue weighted by Gasteiger charge is -2.16. The number of benzene rings is 1. The van der Waals surface area contributed by atoms with E-state index in [0.29, 0.717) is 13.0 Å². The molecule has 1 aromatic carbocycles. The molecular formula is C23H31NOS. The zero-order chi connectivity index (χ0) is 18.8. The highest BCUT2D eigenvalue weighted by Gasteiger charge is 2.11. The first kappa shape index (κ1) is 20.4. The Hall–Kier alpha value is -1.87. The molecule has 3 heteroatoms.